The van der Waals surface area contributed by atoms with Gasteiger partial charge in [0.2, 0.25) is 0 Å². The lowest BCUT2D eigenvalue weighted by atomic mass is 9.94. The van der Waals surface area contributed by atoms with Crippen molar-refractivity contribution in [2.75, 3.05) is 0 Å². The fraction of sp³-hybridized carbons (Fsp3) is 0.111. The van der Waals surface area contributed by atoms with E-state index in [0.29, 0.717) is 0 Å². The fourth-order valence-corrected chi connectivity index (χ4v) is 3.20. The number of hydrogen-bond donors (Lipinski definition) is 0. The summed E-state index contributed by atoms with van der Waals surface area (Å²) in [4.78, 5) is 0. The normalized spacial score (nSPS) is 14.3. The molecule has 0 nitrogen and oxygen atoms in total. The quantitative estimate of drug-likeness (QED) is 0.652. The van der Waals surface area contributed by atoms with E-state index >= 15 is 0 Å². The molecule has 3 rings (SSSR count). The Bertz CT molecular complexity index is 636. The van der Waals surface area contributed by atoms with Crippen molar-refractivity contribution in [2.24, 2.45) is 0 Å². The lowest BCUT2D eigenvalue weighted by Crippen LogP contribution is -1.91. The molecule has 0 spiro atoms. The molecule has 94 valence electrons. The molecule has 0 aliphatic heterocycles. The molecule has 0 unspecified atom stereocenters. The largest absolute Gasteiger partial charge is 0.0842 e. The minimum Gasteiger partial charge on any atom is -0.0842 e. The topological polar surface area (TPSA) is 0 Å². The van der Waals surface area contributed by atoms with Gasteiger partial charge in [-0.05, 0) is 51.0 Å². The van der Waals surface area contributed by atoms with Crippen LogP contribution < -0.4 is 0 Å². The molecule has 1 heteroatoms. The van der Waals surface area contributed by atoms with Gasteiger partial charge in [0.15, 0.2) is 0 Å². The van der Waals surface area contributed by atoms with Gasteiger partial charge in [-0.3, -0.25) is 0 Å². The molecule has 19 heavy (non-hydrogen) atoms. The summed E-state index contributed by atoms with van der Waals surface area (Å²) in [5.41, 5.74) is 5.23. The van der Waals surface area contributed by atoms with Crippen LogP contribution in [-0.4, -0.2) is 0 Å². The molecule has 2 aromatic rings. The number of benzene rings is 2. The van der Waals surface area contributed by atoms with Crippen molar-refractivity contribution < 1.29 is 0 Å². The molecule has 0 fully saturated rings. The van der Waals surface area contributed by atoms with Gasteiger partial charge >= 0.3 is 0 Å². The monoisotopic (exact) mass is 310 g/mol. The van der Waals surface area contributed by atoms with Crippen LogP contribution in [0.15, 0.2) is 71.2 Å². The summed E-state index contributed by atoms with van der Waals surface area (Å²) in [6.45, 7) is 0. The van der Waals surface area contributed by atoms with Gasteiger partial charge in [0.1, 0.15) is 0 Å². The van der Waals surface area contributed by atoms with E-state index in [0.717, 1.165) is 12.8 Å². The van der Waals surface area contributed by atoms with Gasteiger partial charge in [0, 0.05) is 4.47 Å². The molecule has 0 aromatic heterocycles. The predicted octanol–water partition coefficient (Wildman–Crippen LogP) is 5.85. The number of hydrogen-bond acceptors (Lipinski definition) is 0. The average Bonchev–Trinajstić information content (AvgIpc) is 2.49. The van der Waals surface area contributed by atoms with Crippen molar-refractivity contribution in [3.8, 4) is 11.1 Å². The zero-order chi connectivity index (χ0) is 13.1. The third-order valence-electron chi connectivity index (χ3n) is 3.44. The first-order chi connectivity index (χ1) is 9.36. The number of halogens is 1. The van der Waals surface area contributed by atoms with E-state index in [1.54, 1.807) is 0 Å². The van der Waals surface area contributed by atoms with Gasteiger partial charge in [-0.2, -0.15) is 0 Å². The molecular weight excluding hydrogens is 296 g/mol. The van der Waals surface area contributed by atoms with Crippen LogP contribution >= 0.6 is 15.9 Å². The highest BCUT2D eigenvalue weighted by molar-refractivity contribution is 9.10. The number of rotatable bonds is 2. The van der Waals surface area contributed by atoms with E-state index in [4.69, 9.17) is 0 Å². The highest BCUT2D eigenvalue weighted by Gasteiger charge is 2.11. The van der Waals surface area contributed by atoms with Crippen molar-refractivity contribution in [1.82, 2.24) is 0 Å². The van der Waals surface area contributed by atoms with Crippen molar-refractivity contribution in [3.05, 3.63) is 76.8 Å². The standard InChI is InChI=1S/C18H15Br/c19-18-16(14-8-3-1-4-9-14)12-7-13-17(18)15-10-5-2-6-11-15/h1-5,7-10,12-13H,6,11H2. The number of allylic oxidation sites excluding steroid dienone is 4. The first-order valence-electron chi connectivity index (χ1n) is 6.56. The third kappa shape index (κ3) is 2.57. The summed E-state index contributed by atoms with van der Waals surface area (Å²) in [7, 11) is 0. The smallest absolute Gasteiger partial charge is 0.0328 e. The lowest BCUT2D eigenvalue weighted by Gasteiger charge is -2.14. The van der Waals surface area contributed by atoms with Crippen molar-refractivity contribution in [2.45, 2.75) is 12.8 Å². The molecule has 1 aliphatic carbocycles. The van der Waals surface area contributed by atoms with Gasteiger partial charge in [-0.1, -0.05) is 66.8 Å². The maximum Gasteiger partial charge on any atom is 0.0328 e. The molecular formula is C18H15Br. The van der Waals surface area contributed by atoms with E-state index < -0.39 is 0 Å². The molecule has 0 heterocycles. The lowest BCUT2D eigenvalue weighted by molar-refractivity contribution is 1.05. The van der Waals surface area contributed by atoms with Crippen LogP contribution in [0.5, 0.6) is 0 Å². The summed E-state index contributed by atoms with van der Waals surface area (Å²) < 4.78 is 1.20. The Morgan fingerprint density at radius 3 is 2.37 bits per heavy atom. The van der Waals surface area contributed by atoms with Crippen LogP contribution in [0.25, 0.3) is 16.7 Å². The van der Waals surface area contributed by atoms with Crippen LogP contribution in [0.1, 0.15) is 18.4 Å². The van der Waals surface area contributed by atoms with Crippen LogP contribution in [0, 0.1) is 0 Å². The SMILES string of the molecule is Brc1c(C2=CC=CCC2)cccc1-c1ccccc1. The third-order valence-corrected chi connectivity index (χ3v) is 4.30. The molecule has 0 amide bonds. The van der Waals surface area contributed by atoms with Crippen LogP contribution in [0.3, 0.4) is 0 Å². The summed E-state index contributed by atoms with van der Waals surface area (Å²) in [5.74, 6) is 0. The fourth-order valence-electron chi connectivity index (χ4n) is 2.45. The van der Waals surface area contributed by atoms with Crippen molar-refractivity contribution >= 4 is 21.5 Å². The average molecular weight is 311 g/mol. The maximum atomic E-state index is 3.79. The van der Waals surface area contributed by atoms with Crippen molar-refractivity contribution in [3.63, 3.8) is 0 Å². The maximum absolute atomic E-state index is 3.79. The van der Waals surface area contributed by atoms with Gasteiger partial charge in [-0.25, -0.2) is 0 Å². The molecule has 0 radical (unpaired) electrons. The van der Waals surface area contributed by atoms with E-state index in [1.165, 1.54) is 26.7 Å². The first-order valence-corrected chi connectivity index (χ1v) is 7.35. The van der Waals surface area contributed by atoms with Crippen LogP contribution in [-0.2, 0) is 0 Å². The van der Waals surface area contributed by atoms with Gasteiger partial charge in [0.05, 0.1) is 0 Å². The zero-order valence-corrected chi connectivity index (χ0v) is 12.2. The van der Waals surface area contributed by atoms with E-state index in [9.17, 15) is 0 Å². The molecule has 0 bridgehead atoms. The van der Waals surface area contributed by atoms with E-state index in [-0.39, 0.29) is 0 Å². The van der Waals surface area contributed by atoms with E-state index in [1.807, 2.05) is 0 Å². The Morgan fingerprint density at radius 1 is 0.842 bits per heavy atom. The summed E-state index contributed by atoms with van der Waals surface area (Å²) in [5, 5.41) is 0. The van der Waals surface area contributed by atoms with Crippen molar-refractivity contribution in [1.29, 1.82) is 0 Å². The summed E-state index contributed by atoms with van der Waals surface area (Å²) >= 11 is 3.79. The van der Waals surface area contributed by atoms with Gasteiger partial charge in [-0.15, -0.1) is 0 Å². The minimum absolute atomic E-state index is 1.12. The second-order valence-electron chi connectivity index (χ2n) is 4.69. The molecule has 2 aromatic carbocycles. The first kappa shape index (κ1) is 12.4. The second kappa shape index (κ2) is 5.58. The summed E-state index contributed by atoms with van der Waals surface area (Å²) in [6, 6.07) is 17.0. The van der Waals surface area contributed by atoms with Crippen LogP contribution in [0.2, 0.25) is 0 Å². The molecule has 0 saturated carbocycles. The minimum atomic E-state index is 1.12. The Balaban J connectivity index is 2.09. The van der Waals surface area contributed by atoms with Gasteiger partial charge in [0.25, 0.3) is 0 Å². The zero-order valence-electron chi connectivity index (χ0n) is 10.6. The van der Waals surface area contributed by atoms with E-state index in [2.05, 4.69) is 82.7 Å². The Morgan fingerprint density at radius 2 is 1.63 bits per heavy atom. The summed E-state index contributed by atoms with van der Waals surface area (Å²) in [6.07, 6.45) is 8.85. The molecule has 1 aliphatic rings. The molecule has 0 saturated heterocycles. The molecule has 0 N–H and O–H groups in total. The predicted molar refractivity (Wildman–Crippen MR) is 85.9 cm³/mol. The molecule has 0 atom stereocenters. The Kier molecular flexibility index (Phi) is 3.65. The Hall–Kier alpha value is -1.60. The van der Waals surface area contributed by atoms with Gasteiger partial charge < -0.3 is 0 Å². The Labute approximate surface area is 122 Å². The highest BCUT2D eigenvalue weighted by Crippen LogP contribution is 2.36. The van der Waals surface area contributed by atoms with Crippen LogP contribution in [0.4, 0.5) is 0 Å². The second-order valence-corrected chi connectivity index (χ2v) is 5.48. The highest BCUT2D eigenvalue weighted by atomic mass is 79.9.